The molecule has 2 heteroatoms. The van der Waals surface area contributed by atoms with Crippen LogP contribution in [0.15, 0.2) is 30.3 Å². The third kappa shape index (κ3) is 3.20. The summed E-state index contributed by atoms with van der Waals surface area (Å²) < 4.78 is 0. The van der Waals surface area contributed by atoms with Crippen molar-refractivity contribution in [1.82, 2.24) is 0 Å². The zero-order chi connectivity index (χ0) is 12.4. The average molecular weight is 309 g/mol. The summed E-state index contributed by atoms with van der Waals surface area (Å²) in [5.41, 5.74) is 4.15. The molecule has 1 aromatic carbocycles. The fourth-order valence-electron chi connectivity index (χ4n) is 2.00. The molecule has 17 heavy (non-hydrogen) atoms. The Kier molecular flexibility index (Phi) is 4.05. The van der Waals surface area contributed by atoms with Crippen LogP contribution in [0.25, 0.3) is 0 Å². The van der Waals surface area contributed by atoms with Gasteiger partial charge in [0.25, 0.3) is 0 Å². The van der Waals surface area contributed by atoms with E-state index in [0.717, 1.165) is 6.42 Å². The quantitative estimate of drug-likeness (QED) is 0.670. The van der Waals surface area contributed by atoms with E-state index in [1.165, 1.54) is 26.4 Å². The lowest BCUT2D eigenvalue weighted by Crippen LogP contribution is -1.95. The van der Waals surface area contributed by atoms with Crippen LogP contribution in [0.1, 0.15) is 31.3 Å². The zero-order valence-electron chi connectivity index (χ0n) is 10.5. The van der Waals surface area contributed by atoms with Gasteiger partial charge in [-0.2, -0.15) is 0 Å². The Bertz CT molecular complexity index is 496. The van der Waals surface area contributed by atoms with Crippen LogP contribution in [-0.2, 0) is 6.42 Å². The molecule has 1 unspecified atom stereocenters. The first-order valence-corrected chi connectivity index (χ1v) is 7.56. The van der Waals surface area contributed by atoms with Crippen LogP contribution in [0.5, 0.6) is 0 Å². The minimum Gasteiger partial charge on any atom is -0.146 e. The lowest BCUT2D eigenvalue weighted by molar-refractivity contribution is 0.945. The number of benzene rings is 1. The van der Waals surface area contributed by atoms with E-state index >= 15 is 0 Å². The number of halogens is 1. The molecule has 0 bridgehead atoms. The molecule has 0 N–H and O–H groups in total. The van der Waals surface area contributed by atoms with Gasteiger partial charge in [0.1, 0.15) is 0 Å². The van der Waals surface area contributed by atoms with Gasteiger partial charge in [-0.25, -0.2) is 0 Å². The number of rotatable bonds is 3. The summed E-state index contributed by atoms with van der Waals surface area (Å²) in [6, 6.07) is 11.1. The summed E-state index contributed by atoms with van der Waals surface area (Å²) in [6.45, 7) is 6.50. The normalized spacial score (nSPS) is 12.7. The van der Waals surface area contributed by atoms with Crippen molar-refractivity contribution in [2.45, 2.75) is 32.0 Å². The average Bonchev–Trinajstić information content (AvgIpc) is 2.61. The molecular weight excluding hydrogens is 292 g/mol. The van der Waals surface area contributed by atoms with E-state index in [-0.39, 0.29) is 0 Å². The summed E-state index contributed by atoms with van der Waals surface area (Å²) in [6.07, 6.45) is 1.05. The molecule has 0 saturated carbocycles. The Morgan fingerprint density at radius 3 is 2.29 bits per heavy atom. The van der Waals surface area contributed by atoms with Gasteiger partial charge in [0.05, 0.1) is 0 Å². The standard InChI is InChI=1S/C15H17BrS/c1-10-4-6-13(7-5-10)9-15(16)14-8-11(2)17-12(14)3/h4-8,15H,9H2,1-3H3. The van der Waals surface area contributed by atoms with Gasteiger partial charge < -0.3 is 0 Å². The van der Waals surface area contributed by atoms with Gasteiger partial charge in [0.15, 0.2) is 0 Å². The van der Waals surface area contributed by atoms with E-state index in [0.29, 0.717) is 4.83 Å². The lowest BCUT2D eigenvalue weighted by Gasteiger charge is -2.10. The molecule has 2 aromatic rings. The van der Waals surface area contributed by atoms with E-state index in [1.54, 1.807) is 0 Å². The van der Waals surface area contributed by atoms with Gasteiger partial charge in [0.2, 0.25) is 0 Å². The molecule has 0 spiro atoms. The summed E-state index contributed by atoms with van der Waals surface area (Å²) in [7, 11) is 0. The largest absolute Gasteiger partial charge is 0.146 e. The van der Waals surface area contributed by atoms with E-state index in [2.05, 4.69) is 67.0 Å². The van der Waals surface area contributed by atoms with Gasteiger partial charge in [-0.15, -0.1) is 11.3 Å². The van der Waals surface area contributed by atoms with Gasteiger partial charge in [-0.1, -0.05) is 45.8 Å². The van der Waals surface area contributed by atoms with Gasteiger partial charge in [0, 0.05) is 14.6 Å². The van der Waals surface area contributed by atoms with Gasteiger partial charge in [-0.3, -0.25) is 0 Å². The molecule has 0 saturated heterocycles. The second-order valence-electron chi connectivity index (χ2n) is 4.53. The summed E-state index contributed by atoms with van der Waals surface area (Å²) in [5.74, 6) is 0. The van der Waals surface area contributed by atoms with E-state index < -0.39 is 0 Å². The lowest BCUT2D eigenvalue weighted by atomic mass is 10.0. The van der Waals surface area contributed by atoms with Crippen LogP contribution in [0, 0.1) is 20.8 Å². The van der Waals surface area contributed by atoms with Crippen LogP contribution in [-0.4, -0.2) is 0 Å². The molecule has 2 rings (SSSR count). The maximum atomic E-state index is 3.81. The van der Waals surface area contributed by atoms with Crippen molar-refractivity contribution in [3.8, 4) is 0 Å². The first-order valence-electron chi connectivity index (χ1n) is 5.83. The fourth-order valence-corrected chi connectivity index (χ4v) is 3.99. The highest BCUT2D eigenvalue weighted by atomic mass is 79.9. The maximum Gasteiger partial charge on any atom is 0.0446 e. The molecule has 0 aliphatic heterocycles. The number of thiophene rings is 1. The van der Waals surface area contributed by atoms with E-state index in [9.17, 15) is 0 Å². The molecule has 0 aliphatic rings. The van der Waals surface area contributed by atoms with Crippen molar-refractivity contribution in [3.05, 3.63) is 56.8 Å². The molecule has 0 fully saturated rings. The van der Waals surface area contributed by atoms with E-state index in [1.807, 2.05) is 11.3 Å². The number of hydrogen-bond acceptors (Lipinski definition) is 1. The van der Waals surface area contributed by atoms with Crippen molar-refractivity contribution in [2.24, 2.45) is 0 Å². The number of alkyl halides is 1. The summed E-state index contributed by atoms with van der Waals surface area (Å²) in [4.78, 5) is 3.25. The Morgan fingerprint density at radius 1 is 1.12 bits per heavy atom. The second kappa shape index (κ2) is 5.36. The summed E-state index contributed by atoms with van der Waals surface area (Å²) in [5, 5.41) is 0. The highest BCUT2D eigenvalue weighted by molar-refractivity contribution is 9.09. The topological polar surface area (TPSA) is 0 Å². The van der Waals surface area contributed by atoms with Crippen molar-refractivity contribution in [3.63, 3.8) is 0 Å². The molecule has 1 aromatic heterocycles. The molecule has 90 valence electrons. The Balaban J connectivity index is 2.14. The Labute approximate surface area is 116 Å². The van der Waals surface area contributed by atoms with Crippen molar-refractivity contribution in [1.29, 1.82) is 0 Å². The molecule has 1 atom stereocenters. The third-order valence-electron chi connectivity index (χ3n) is 2.95. The minimum absolute atomic E-state index is 0.426. The maximum absolute atomic E-state index is 3.81. The SMILES string of the molecule is Cc1ccc(CC(Br)c2cc(C)sc2C)cc1. The minimum atomic E-state index is 0.426. The van der Waals surface area contributed by atoms with Crippen LogP contribution in [0.2, 0.25) is 0 Å². The Morgan fingerprint density at radius 2 is 1.76 bits per heavy atom. The monoisotopic (exact) mass is 308 g/mol. The predicted octanol–water partition coefficient (Wildman–Crippen LogP) is 5.35. The zero-order valence-corrected chi connectivity index (χ0v) is 12.9. The second-order valence-corrected chi connectivity index (χ2v) is 7.09. The van der Waals surface area contributed by atoms with Crippen molar-refractivity contribution in [2.75, 3.05) is 0 Å². The first-order chi connectivity index (χ1) is 8.06. The van der Waals surface area contributed by atoms with Gasteiger partial charge >= 0.3 is 0 Å². The first kappa shape index (κ1) is 12.8. The molecule has 1 heterocycles. The fraction of sp³-hybridized carbons (Fsp3) is 0.333. The predicted molar refractivity (Wildman–Crippen MR) is 80.3 cm³/mol. The summed E-state index contributed by atoms with van der Waals surface area (Å²) >= 11 is 5.69. The molecule has 0 radical (unpaired) electrons. The highest BCUT2D eigenvalue weighted by Gasteiger charge is 2.13. The molecule has 0 aliphatic carbocycles. The van der Waals surface area contributed by atoms with Crippen molar-refractivity contribution >= 4 is 27.3 Å². The molecular formula is C15H17BrS. The number of hydrogen-bond donors (Lipinski definition) is 0. The smallest absolute Gasteiger partial charge is 0.0446 e. The molecule has 0 nitrogen and oxygen atoms in total. The van der Waals surface area contributed by atoms with Crippen LogP contribution in [0.3, 0.4) is 0 Å². The van der Waals surface area contributed by atoms with Crippen molar-refractivity contribution < 1.29 is 0 Å². The van der Waals surface area contributed by atoms with Crippen LogP contribution >= 0.6 is 27.3 Å². The Hall–Kier alpha value is -0.600. The molecule has 0 amide bonds. The number of aryl methyl sites for hydroxylation is 3. The van der Waals surface area contributed by atoms with Gasteiger partial charge in [-0.05, 0) is 44.4 Å². The third-order valence-corrected chi connectivity index (χ3v) is 4.75. The van der Waals surface area contributed by atoms with Crippen LogP contribution < -0.4 is 0 Å². The van der Waals surface area contributed by atoms with Crippen LogP contribution in [0.4, 0.5) is 0 Å². The highest BCUT2D eigenvalue weighted by Crippen LogP contribution is 2.34. The van der Waals surface area contributed by atoms with E-state index in [4.69, 9.17) is 0 Å².